The van der Waals surface area contributed by atoms with Gasteiger partial charge in [-0.1, -0.05) is 26.7 Å². The lowest BCUT2D eigenvalue weighted by atomic mass is 9.78. The quantitative estimate of drug-likeness (QED) is 0.715. The summed E-state index contributed by atoms with van der Waals surface area (Å²) in [6.45, 7) is 6.57. The van der Waals surface area contributed by atoms with Crippen molar-refractivity contribution in [3.05, 3.63) is 0 Å². The van der Waals surface area contributed by atoms with Crippen LogP contribution < -0.4 is 0 Å². The van der Waals surface area contributed by atoms with Gasteiger partial charge in [-0.3, -0.25) is 0 Å². The zero-order valence-corrected chi connectivity index (χ0v) is 10.8. The third-order valence-electron chi connectivity index (χ3n) is 4.38. The zero-order chi connectivity index (χ0) is 11.4. The molecule has 0 aromatic rings. The van der Waals surface area contributed by atoms with Crippen molar-refractivity contribution in [1.82, 2.24) is 0 Å². The van der Waals surface area contributed by atoms with Gasteiger partial charge in [0, 0.05) is 13.2 Å². The van der Waals surface area contributed by atoms with E-state index in [1.807, 2.05) is 0 Å². The van der Waals surface area contributed by atoms with Gasteiger partial charge in [0.2, 0.25) is 0 Å². The molecule has 0 bridgehead atoms. The number of hydrogen-bond donors (Lipinski definition) is 0. The van der Waals surface area contributed by atoms with Gasteiger partial charge in [0.25, 0.3) is 0 Å². The van der Waals surface area contributed by atoms with Crippen LogP contribution in [0.4, 0.5) is 0 Å². The Kier molecular flexibility index (Phi) is 4.66. The molecule has 2 aliphatic rings. The predicted octanol–water partition coefficient (Wildman–Crippen LogP) is 3.40. The molecule has 2 heterocycles. The second-order valence-electron chi connectivity index (χ2n) is 5.25. The van der Waals surface area contributed by atoms with E-state index in [4.69, 9.17) is 9.47 Å². The summed E-state index contributed by atoms with van der Waals surface area (Å²) < 4.78 is 11.8. The highest BCUT2D eigenvalue weighted by Crippen LogP contribution is 2.36. The van der Waals surface area contributed by atoms with E-state index in [1.165, 1.54) is 38.5 Å². The molecular weight excluding hydrogens is 200 g/mol. The van der Waals surface area contributed by atoms with Crippen LogP contribution in [-0.2, 0) is 9.47 Å². The minimum Gasteiger partial charge on any atom is -0.378 e. The summed E-state index contributed by atoms with van der Waals surface area (Å²) in [5.41, 5.74) is 0. The van der Waals surface area contributed by atoms with E-state index < -0.39 is 0 Å². The van der Waals surface area contributed by atoms with Gasteiger partial charge < -0.3 is 9.47 Å². The highest BCUT2D eigenvalue weighted by Gasteiger charge is 2.36. The van der Waals surface area contributed by atoms with Crippen molar-refractivity contribution in [3.8, 4) is 0 Å². The molecule has 0 radical (unpaired) electrons. The van der Waals surface area contributed by atoms with Crippen LogP contribution in [0.25, 0.3) is 0 Å². The molecule has 16 heavy (non-hydrogen) atoms. The van der Waals surface area contributed by atoms with Gasteiger partial charge in [0.1, 0.15) is 0 Å². The third-order valence-corrected chi connectivity index (χ3v) is 4.38. The van der Waals surface area contributed by atoms with E-state index in [-0.39, 0.29) is 0 Å². The molecule has 4 atom stereocenters. The third kappa shape index (κ3) is 2.60. The summed E-state index contributed by atoms with van der Waals surface area (Å²) in [7, 11) is 0. The molecule has 0 aromatic carbocycles. The average molecular weight is 226 g/mol. The van der Waals surface area contributed by atoms with Gasteiger partial charge in [-0.25, -0.2) is 0 Å². The first-order valence-electron chi connectivity index (χ1n) is 7.10. The minimum atomic E-state index is 0.513. The van der Waals surface area contributed by atoms with Crippen molar-refractivity contribution in [1.29, 1.82) is 0 Å². The molecule has 0 spiro atoms. The van der Waals surface area contributed by atoms with Crippen LogP contribution in [-0.4, -0.2) is 25.4 Å². The number of ether oxygens (including phenoxy) is 2. The van der Waals surface area contributed by atoms with E-state index in [1.54, 1.807) is 0 Å². The number of hydrogen-bond acceptors (Lipinski definition) is 2. The van der Waals surface area contributed by atoms with Gasteiger partial charge in [-0.2, -0.15) is 0 Å². The molecule has 2 nitrogen and oxygen atoms in total. The molecule has 0 saturated carbocycles. The first-order chi connectivity index (χ1) is 7.86. The molecule has 2 saturated heterocycles. The summed E-state index contributed by atoms with van der Waals surface area (Å²) >= 11 is 0. The van der Waals surface area contributed by atoms with Crippen molar-refractivity contribution >= 4 is 0 Å². The summed E-state index contributed by atoms with van der Waals surface area (Å²) in [4.78, 5) is 0. The van der Waals surface area contributed by atoms with E-state index in [9.17, 15) is 0 Å². The lowest BCUT2D eigenvalue weighted by Gasteiger charge is -2.33. The Morgan fingerprint density at radius 3 is 1.56 bits per heavy atom. The topological polar surface area (TPSA) is 18.5 Å². The lowest BCUT2D eigenvalue weighted by molar-refractivity contribution is -0.0214. The maximum absolute atomic E-state index is 5.89. The Hall–Kier alpha value is -0.0800. The first kappa shape index (κ1) is 12.4. The molecule has 0 aromatic heterocycles. The molecule has 2 rings (SSSR count). The molecule has 2 heteroatoms. The Balaban J connectivity index is 1.98. The molecular formula is C14H26O2. The molecule has 4 unspecified atom stereocenters. The Labute approximate surface area is 99.7 Å². The standard InChI is InChI=1S/C14H26O2/c1-3-11(13-7-5-9-15-13)12(4-2)14-8-6-10-16-14/h11-14H,3-10H2,1-2H3. The monoisotopic (exact) mass is 226 g/mol. The highest BCUT2D eigenvalue weighted by molar-refractivity contribution is 4.85. The van der Waals surface area contributed by atoms with Crippen molar-refractivity contribution in [2.24, 2.45) is 11.8 Å². The zero-order valence-electron chi connectivity index (χ0n) is 10.8. The van der Waals surface area contributed by atoms with Crippen LogP contribution in [0.2, 0.25) is 0 Å². The van der Waals surface area contributed by atoms with E-state index in [0.29, 0.717) is 12.2 Å². The fourth-order valence-electron chi connectivity index (χ4n) is 3.56. The molecule has 94 valence electrons. The SMILES string of the molecule is CCC(C1CCCO1)C(CC)C1CCCO1. The van der Waals surface area contributed by atoms with Crippen LogP contribution in [0.3, 0.4) is 0 Å². The lowest BCUT2D eigenvalue weighted by Crippen LogP contribution is -2.34. The van der Waals surface area contributed by atoms with Crippen LogP contribution in [0.5, 0.6) is 0 Å². The van der Waals surface area contributed by atoms with Gasteiger partial charge in [0.15, 0.2) is 0 Å². The smallest absolute Gasteiger partial charge is 0.0607 e. The van der Waals surface area contributed by atoms with Crippen LogP contribution in [0.15, 0.2) is 0 Å². The maximum atomic E-state index is 5.89. The van der Waals surface area contributed by atoms with Crippen molar-refractivity contribution < 1.29 is 9.47 Å². The van der Waals surface area contributed by atoms with E-state index in [0.717, 1.165) is 25.0 Å². The normalized spacial score (nSPS) is 34.1. The van der Waals surface area contributed by atoms with E-state index >= 15 is 0 Å². The molecule has 2 aliphatic heterocycles. The largest absolute Gasteiger partial charge is 0.378 e. The highest BCUT2D eigenvalue weighted by atomic mass is 16.5. The van der Waals surface area contributed by atoms with Crippen LogP contribution >= 0.6 is 0 Å². The average Bonchev–Trinajstić information content (AvgIpc) is 2.97. The second-order valence-corrected chi connectivity index (χ2v) is 5.25. The molecule has 2 fully saturated rings. The van der Waals surface area contributed by atoms with Gasteiger partial charge in [0.05, 0.1) is 12.2 Å². The van der Waals surface area contributed by atoms with Crippen molar-refractivity contribution in [2.75, 3.05) is 13.2 Å². The Bertz CT molecular complexity index is 171. The van der Waals surface area contributed by atoms with Crippen molar-refractivity contribution in [3.63, 3.8) is 0 Å². The fraction of sp³-hybridized carbons (Fsp3) is 1.00. The van der Waals surface area contributed by atoms with Crippen molar-refractivity contribution in [2.45, 2.75) is 64.6 Å². The fourth-order valence-corrected chi connectivity index (χ4v) is 3.56. The Morgan fingerprint density at radius 2 is 1.31 bits per heavy atom. The second kappa shape index (κ2) is 6.02. The summed E-state index contributed by atoms with van der Waals surface area (Å²) in [6, 6.07) is 0. The maximum Gasteiger partial charge on any atom is 0.0607 e. The molecule has 0 amide bonds. The van der Waals surface area contributed by atoms with Gasteiger partial charge in [-0.05, 0) is 37.5 Å². The first-order valence-corrected chi connectivity index (χ1v) is 7.10. The van der Waals surface area contributed by atoms with Gasteiger partial charge in [-0.15, -0.1) is 0 Å². The summed E-state index contributed by atoms with van der Waals surface area (Å²) in [6.07, 6.45) is 8.54. The Morgan fingerprint density at radius 1 is 0.875 bits per heavy atom. The summed E-state index contributed by atoms with van der Waals surface area (Å²) in [5, 5.41) is 0. The molecule has 0 N–H and O–H groups in total. The van der Waals surface area contributed by atoms with Crippen LogP contribution in [0.1, 0.15) is 52.4 Å². The molecule has 0 aliphatic carbocycles. The van der Waals surface area contributed by atoms with Crippen LogP contribution in [0, 0.1) is 11.8 Å². The predicted molar refractivity (Wildman–Crippen MR) is 65.5 cm³/mol. The van der Waals surface area contributed by atoms with E-state index in [2.05, 4.69) is 13.8 Å². The summed E-state index contributed by atoms with van der Waals surface area (Å²) in [5.74, 6) is 1.44. The number of rotatable bonds is 5. The minimum absolute atomic E-state index is 0.513. The van der Waals surface area contributed by atoms with Gasteiger partial charge >= 0.3 is 0 Å².